The summed E-state index contributed by atoms with van der Waals surface area (Å²) in [6, 6.07) is 13.0. The van der Waals surface area contributed by atoms with E-state index in [9.17, 15) is 20.0 Å². The van der Waals surface area contributed by atoms with Gasteiger partial charge in [0.25, 0.3) is 5.09 Å². The number of anilines is 1. The van der Waals surface area contributed by atoms with Crippen molar-refractivity contribution in [2.45, 2.75) is 71.0 Å². The Hall–Kier alpha value is -3.81. The topological polar surface area (TPSA) is 142 Å². The van der Waals surface area contributed by atoms with Gasteiger partial charge in [-0.1, -0.05) is 39.0 Å². The molecule has 2 aromatic rings. The Kier molecular flexibility index (Phi) is 11.9. The van der Waals surface area contributed by atoms with E-state index < -0.39 is 46.9 Å². The fraction of sp³-hybridized carbons (Fsp3) is 0.606. The maximum atomic E-state index is 12.7. The van der Waals surface area contributed by atoms with Crippen LogP contribution in [0.4, 0.5) is 10.5 Å². The van der Waals surface area contributed by atoms with Crippen LogP contribution in [0, 0.1) is 15.5 Å². The Bertz CT molecular complexity index is 1300. The van der Waals surface area contributed by atoms with Crippen molar-refractivity contribution in [3.8, 4) is 11.5 Å². The van der Waals surface area contributed by atoms with E-state index in [2.05, 4.69) is 15.8 Å². The van der Waals surface area contributed by atoms with Gasteiger partial charge in [-0.3, -0.25) is 4.90 Å². The Labute approximate surface area is 270 Å². The van der Waals surface area contributed by atoms with Gasteiger partial charge in [-0.25, -0.2) is 4.79 Å². The highest BCUT2D eigenvalue weighted by atomic mass is 17.0. The van der Waals surface area contributed by atoms with E-state index >= 15 is 0 Å². The molecular weight excluding hydrogens is 598 g/mol. The molecule has 2 aromatic carbocycles. The van der Waals surface area contributed by atoms with Crippen molar-refractivity contribution in [1.82, 2.24) is 4.90 Å². The number of methoxy groups -OCH3 is 2. The van der Waals surface area contributed by atoms with Gasteiger partial charge in [-0.15, -0.1) is 10.1 Å². The van der Waals surface area contributed by atoms with Gasteiger partial charge in [-0.2, -0.15) is 0 Å². The van der Waals surface area contributed by atoms with Crippen LogP contribution in [0.3, 0.4) is 0 Å². The number of piperidine rings is 1. The van der Waals surface area contributed by atoms with Gasteiger partial charge in [0.2, 0.25) is 0 Å². The predicted molar refractivity (Wildman–Crippen MR) is 170 cm³/mol. The zero-order valence-corrected chi connectivity index (χ0v) is 27.5. The smallest absolute Gasteiger partial charge is 0.407 e. The van der Waals surface area contributed by atoms with Crippen LogP contribution in [-0.2, 0) is 25.7 Å². The molecule has 0 saturated carbocycles. The molecule has 1 N–H and O–H groups in total. The number of carbonyl (C=O) groups is 1. The lowest BCUT2D eigenvalue weighted by atomic mass is 9.71. The number of benzene rings is 2. The summed E-state index contributed by atoms with van der Waals surface area (Å²) in [5, 5.41) is 20.5. The van der Waals surface area contributed by atoms with E-state index in [1.54, 1.807) is 14.2 Å². The Morgan fingerprint density at radius 2 is 1.89 bits per heavy atom. The van der Waals surface area contributed by atoms with Gasteiger partial charge in [0, 0.05) is 26.2 Å². The van der Waals surface area contributed by atoms with Crippen LogP contribution in [0.25, 0.3) is 0 Å². The molecule has 46 heavy (non-hydrogen) atoms. The van der Waals surface area contributed by atoms with Gasteiger partial charge in [0.05, 0.1) is 57.4 Å². The molecular formula is C33H47N3O10. The molecule has 5 atom stereocenters. The third-order valence-electron chi connectivity index (χ3n) is 8.42. The first-order valence-corrected chi connectivity index (χ1v) is 15.6. The summed E-state index contributed by atoms with van der Waals surface area (Å²) in [4.78, 5) is 32.0. The van der Waals surface area contributed by atoms with Crippen molar-refractivity contribution in [2.24, 2.45) is 5.41 Å². The van der Waals surface area contributed by atoms with Crippen molar-refractivity contribution >= 4 is 11.8 Å². The quantitative estimate of drug-likeness (QED) is 0.169. The first-order valence-electron chi connectivity index (χ1n) is 15.6. The molecule has 13 nitrogen and oxygen atoms in total. The van der Waals surface area contributed by atoms with E-state index in [4.69, 9.17) is 23.7 Å². The van der Waals surface area contributed by atoms with Crippen LogP contribution in [0.15, 0.2) is 42.5 Å². The van der Waals surface area contributed by atoms with E-state index in [1.807, 2.05) is 57.2 Å². The largest absolute Gasteiger partial charge is 0.497 e. The summed E-state index contributed by atoms with van der Waals surface area (Å²) in [5.74, 6) is 1.07. The molecule has 2 aliphatic heterocycles. The van der Waals surface area contributed by atoms with Crippen molar-refractivity contribution in [3.05, 3.63) is 63.7 Å². The molecule has 2 aliphatic rings. The molecule has 1 amide bonds. The van der Waals surface area contributed by atoms with E-state index in [0.717, 1.165) is 42.1 Å². The molecule has 0 radical (unpaired) electrons. The van der Waals surface area contributed by atoms with Crippen LogP contribution in [0.2, 0.25) is 0 Å². The minimum absolute atomic E-state index is 0.0473. The molecule has 0 bridgehead atoms. The number of fused-ring (bicyclic) bond motifs is 1. The molecule has 4 rings (SSSR count). The lowest BCUT2D eigenvalue weighted by Crippen LogP contribution is -2.64. The normalized spacial score (nSPS) is 22.0. The maximum absolute atomic E-state index is 12.7. The number of hydrogen-bond acceptors (Lipinski definition) is 10. The number of ether oxygens (including phenoxy) is 5. The lowest BCUT2D eigenvalue weighted by molar-refractivity contribution is -0.768. The minimum atomic E-state index is -1.09. The first-order chi connectivity index (χ1) is 21.9. The second-order valence-corrected chi connectivity index (χ2v) is 12.8. The lowest BCUT2D eigenvalue weighted by Gasteiger charge is -2.52. The van der Waals surface area contributed by atoms with Crippen LogP contribution in [0.5, 0.6) is 11.5 Å². The summed E-state index contributed by atoms with van der Waals surface area (Å²) in [6.07, 6.45) is -2.39. The summed E-state index contributed by atoms with van der Waals surface area (Å²) >= 11 is 0. The Balaban J connectivity index is 1.70. The zero-order valence-electron chi connectivity index (χ0n) is 27.5. The Morgan fingerprint density at radius 3 is 2.52 bits per heavy atom. The number of likely N-dealkylation sites (tertiary alicyclic amines) is 1. The highest BCUT2D eigenvalue weighted by Crippen LogP contribution is 2.43. The number of nitrogens with zero attached hydrogens (tertiary/aromatic N) is 3. The van der Waals surface area contributed by atoms with Crippen molar-refractivity contribution in [1.29, 1.82) is 0 Å². The molecule has 13 heteroatoms. The maximum Gasteiger partial charge on any atom is 0.407 e. The van der Waals surface area contributed by atoms with Gasteiger partial charge < -0.3 is 38.5 Å². The average Bonchev–Trinajstić information content (AvgIpc) is 3.01. The Morgan fingerprint density at radius 1 is 1.15 bits per heavy atom. The molecule has 0 spiro atoms. The van der Waals surface area contributed by atoms with Gasteiger partial charge in [0.1, 0.15) is 24.2 Å². The van der Waals surface area contributed by atoms with Crippen LogP contribution < -0.4 is 14.4 Å². The third kappa shape index (κ3) is 8.71. The standard InChI is InChI=1S/C33H47N3O10/c1-22(46-36(39)40)20-44-28-19-35(32(37)38)31(33(2,3)4)30(29(28)24-9-11-25(42-6)12-10-24)45-21-23-8-13-27-26(18-23)34(15-17-43-27)14-7-16-41-5/h8-13,18,22,28-31H,7,14-17,19-21H2,1-6H3,(H,37,38)/t22-,28+,29+,30+,31?/m0/s1. The molecule has 1 fully saturated rings. The SMILES string of the molecule is COCCCN1CCOc2ccc(CO[C@H]3C(C(C)(C)C)N(C(=O)O)C[C@@H](OC[C@H](C)O[N+](=O)[O-])[C@H]3c3ccc(OC)cc3)cc21. The zero-order chi connectivity index (χ0) is 33.4. The van der Waals surface area contributed by atoms with Crippen molar-refractivity contribution in [2.75, 3.05) is 58.6 Å². The number of carboxylic acid groups (broad SMARTS) is 1. The molecule has 1 saturated heterocycles. The first kappa shape index (κ1) is 35.1. The van der Waals surface area contributed by atoms with Gasteiger partial charge in [-0.05, 0) is 54.2 Å². The van der Waals surface area contributed by atoms with Crippen LogP contribution in [-0.4, -0.2) is 99.2 Å². The summed E-state index contributed by atoms with van der Waals surface area (Å²) in [6.45, 7) is 10.5. The van der Waals surface area contributed by atoms with Crippen molar-refractivity contribution in [3.63, 3.8) is 0 Å². The third-order valence-corrected chi connectivity index (χ3v) is 8.42. The number of hydrogen-bond donors (Lipinski definition) is 1. The highest BCUT2D eigenvalue weighted by Gasteiger charge is 2.51. The number of rotatable bonds is 14. The van der Waals surface area contributed by atoms with E-state index in [0.29, 0.717) is 19.0 Å². The van der Waals surface area contributed by atoms with Gasteiger partial charge in [0.15, 0.2) is 0 Å². The summed E-state index contributed by atoms with van der Waals surface area (Å²) in [7, 11) is 3.28. The summed E-state index contributed by atoms with van der Waals surface area (Å²) in [5.41, 5.74) is 2.27. The molecule has 2 heterocycles. The molecule has 0 aliphatic carbocycles. The van der Waals surface area contributed by atoms with E-state index in [-0.39, 0.29) is 19.8 Å². The summed E-state index contributed by atoms with van der Waals surface area (Å²) < 4.78 is 29.6. The number of amides is 1. The van der Waals surface area contributed by atoms with Crippen LogP contribution in [0.1, 0.15) is 51.2 Å². The molecule has 0 aromatic heterocycles. The minimum Gasteiger partial charge on any atom is -0.497 e. The fourth-order valence-corrected chi connectivity index (χ4v) is 6.41. The van der Waals surface area contributed by atoms with Crippen LogP contribution >= 0.6 is 0 Å². The molecule has 254 valence electrons. The average molecular weight is 646 g/mol. The molecule has 1 unspecified atom stereocenters. The monoisotopic (exact) mass is 645 g/mol. The fourth-order valence-electron chi connectivity index (χ4n) is 6.41. The highest BCUT2D eigenvalue weighted by molar-refractivity contribution is 5.66. The van der Waals surface area contributed by atoms with E-state index in [1.165, 1.54) is 11.8 Å². The second-order valence-electron chi connectivity index (χ2n) is 12.8. The second kappa shape index (κ2) is 15.7. The van der Waals surface area contributed by atoms with Crippen molar-refractivity contribution < 1.29 is 43.5 Å². The predicted octanol–water partition coefficient (Wildman–Crippen LogP) is 4.99. The van der Waals surface area contributed by atoms with Gasteiger partial charge >= 0.3 is 6.09 Å².